The molecule has 2 aromatic carbocycles. The lowest BCUT2D eigenvalue weighted by molar-refractivity contribution is -0.155. The third-order valence-electron chi connectivity index (χ3n) is 5.16. The van der Waals surface area contributed by atoms with Crippen LogP contribution in [-0.4, -0.2) is 31.8 Å². The summed E-state index contributed by atoms with van der Waals surface area (Å²) >= 11 is 0. The van der Waals surface area contributed by atoms with E-state index in [9.17, 15) is 26.4 Å². The van der Waals surface area contributed by atoms with E-state index in [0.717, 1.165) is 28.1 Å². The highest BCUT2D eigenvalue weighted by Crippen LogP contribution is 2.36. The molecule has 162 valence electrons. The van der Waals surface area contributed by atoms with Crippen LogP contribution in [0.5, 0.6) is 0 Å². The van der Waals surface area contributed by atoms with E-state index in [1.54, 1.807) is 6.92 Å². The van der Waals surface area contributed by atoms with Crippen molar-refractivity contribution in [1.29, 1.82) is 0 Å². The molecule has 1 atom stereocenters. The summed E-state index contributed by atoms with van der Waals surface area (Å²) in [4.78, 5) is 11.7. The summed E-state index contributed by atoms with van der Waals surface area (Å²) in [6, 6.07) is 13.3. The molecule has 0 aromatic heterocycles. The van der Waals surface area contributed by atoms with E-state index in [-0.39, 0.29) is 25.9 Å². The van der Waals surface area contributed by atoms with Gasteiger partial charge in [-0.2, -0.15) is 17.5 Å². The smallest absolute Gasteiger partial charge is 0.417 e. The van der Waals surface area contributed by atoms with Crippen LogP contribution in [0.25, 0.3) is 0 Å². The van der Waals surface area contributed by atoms with Crippen LogP contribution in [0.4, 0.5) is 13.2 Å². The van der Waals surface area contributed by atoms with Crippen LogP contribution in [0.3, 0.4) is 0 Å². The molecule has 9 heteroatoms. The first-order chi connectivity index (χ1) is 14.1. The molecule has 1 fully saturated rings. The zero-order valence-corrected chi connectivity index (χ0v) is 17.1. The Hall–Kier alpha value is -2.39. The number of nitrogens with zero attached hydrogens (tertiary/aromatic N) is 1. The van der Waals surface area contributed by atoms with E-state index >= 15 is 0 Å². The van der Waals surface area contributed by atoms with Gasteiger partial charge in [-0.15, -0.1) is 0 Å². The van der Waals surface area contributed by atoms with Gasteiger partial charge in [-0.25, -0.2) is 8.42 Å². The summed E-state index contributed by atoms with van der Waals surface area (Å²) in [5.74, 6) is -0.931. The minimum Gasteiger partial charge on any atom is -0.458 e. The first-order valence-electron chi connectivity index (χ1n) is 9.52. The van der Waals surface area contributed by atoms with Crippen LogP contribution in [-0.2, 0) is 25.7 Å². The molecule has 1 saturated heterocycles. The maximum absolute atomic E-state index is 13.2. The van der Waals surface area contributed by atoms with Crippen molar-refractivity contribution < 1.29 is 31.1 Å². The lowest BCUT2D eigenvalue weighted by Crippen LogP contribution is -2.41. The molecule has 3 rings (SSSR count). The lowest BCUT2D eigenvalue weighted by atomic mass is 9.98. The largest absolute Gasteiger partial charge is 0.458 e. The normalized spacial score (nSPS) is 17.5. The maximum Gasteiger partial charge on any atom is 0.417 e. The topological polar surface area (TPSA) is 63.7 Å². The summed E-state index contributed by atoms with van der Waals surface area (Å²) in [5, 5.41) is 0. The number of hydrogen-bond acceptors (Lipinski definition) is 4. The van der Waals surface area contributed by atoms with Gasteiger partial charge < -0.3 is 4.74 Å². The molecule has 1 unspecified atom stereocenters. The number of hydrogen-bond donors (Lipinski definition) is 0. The monoisotopic (exact) mass is 441 g/mol. The Morgan fingerprint density at radius 2 is 1.60 bits per heavy atom. The third-order valence-corrected chi connectivity index (χ3v) is 7.12. The van der Waals surface area contributed by atoms with Crippen molar-refractivity contribution in [2.45, 2.75) is 36.9 Å². The van der Waals surface area contributed by atoms with Crippen molar-refractivity contribution in [2.24, 2.45) is 5.92 Å². The molecule has 5 nitrogen and oxygen atoms in total. The van der Waals surface area contributed by atoms with Crippen LogP contribution in [0.15, 0.2) is 59.5 Å². The summed E-state index contributed by atoms with van der Waals surface area (Å²) in [7, 11) is -4.33. The quantitative estimate of drug-likeness (QED) is 0.645. The maximum atomic E-state index is 13.2. The van der Waals surface area contributed by atoms with Gasteiger partial charge in [-0.1, -0.05) is 42.5 Å². The highest BCUT2D eigenvalue weighted by atomic mass is 32.2. The Labute approximate surface area is 173 Å². The molecule has 0 bridgehead atoms. The fourth-order valence-corrected chi connectivity index (χ4v) is 5.14. The number of alkyl halides is 3. The van der Waals surface area contributed by atoms with Crippen LogP contribution < -0.4 is 0 Å². The molecule has 1 aliphatic heterocycles. The zero-order chi connectivity index (χ0) is 21.9. The van der Waals surface area contributed by atoms with Crippen molar-refractivity contribution in [3.8, 4) is 0 Å². The van der Waals surface area contributed by atoms with Gasteiger partial charge in [0.1, 0.15) is 6.10 Å². The number of sulfonamides is 1. The summed E-state index contributed by atoms with van der Waals surface area (Å²) in [5.41, 5.74) is -0.349. The average molecular weight is 441 g/mol. The minimum absolute atomic E-state index is 0.0476. The van der Waals surface area contributed by atoms with Crippen molar-refractivity contribution in [3.63, 3.8) is 0 Å². The highest BCUT2D eigenvalue weighted by molar-refractivity contribution is 7.89. The predicted molar refractivity (Wildman–Crippen MR) is 104 cm³/mol. The first-order valence-corrected chi connectivity index (χ1v) is 11.0. The molecule has 0 saturated carbocycles. The Morgan fingerprint density at radius 3 is 2.20 bits per heavy atom. The molecular formula is C21H22F3NO4S. The van der Waals surface area contributed by atoms with Crippen molar-refractivity contribution in [2.75, 3.05) is 13.1 Å². The van der Waals surface area contributed by atoms with E-state index in [1.165, 1.54) is 6.07 Å². The molecular weight excluding hydrogens is 419 g/mol. The summed E-state index contributed by atoms with van der Waals surface area (Å²) in [6.45, 7) is 1.66. The number of piperidine rings is 1. The SMILES string of the molecule is CC(OC(=O)C1CCN(S(=O)(=O)c2ccccc2C(F)(F)F)CC1)c1ccccc1. The van der Waals surface area contributed by atoms with Gasteiger partial charge in [0.25, 0.3) is 0 Å². The van der Waals surface area contributed by atoms with Crippen LogP contribution in [0.2, 0.25) is 0 Å². The van der Waals surface area contributed by atoms with Gasteiger partial charge in [0.05, 0.1) is 16.4 Å². The molecule has 1 heterocycles. The number of halogens is 3. The van der Waals surface area contributed by atoms with Gasteiger partial charge in [-0.3, -0.25) is 4.79 Å². The second-order valence-corrected chi connectivity index (χ2v) is 9.07. The third kappa shape index (κ3) is 4.84. The average Bonchev–Trinajstić information content (AvgIpc) is 2.74. The fraction of sp³-hybridized carbons (Fsp3) is 0.381. The molecule has 1 aliphatic rings. The van der Waals surface area contributed by atoms with E-state index in [2.05, 4.69) is 0 Å². The Balaban J connectivity index is 1.66. The molecule has 0 aliphatic carbocycles. The van der Waals surface area contributed by atoms with Crippen molar-refractivity contribution >= 4 is 16.0 Å². The Morgan fingerprint density at radius 1 is 1.03 bits per heavy atom. The second-order valence-electron chi connectivity index (χ2n) is 7.16. The summed E-state index contributed by atoms with van der Waals surface area (Å²) in [6.07, 6.45) is -4.85. The minimum atomic E-state index is -4.78. The van der Waals surface area contributed by atoms with Gasteiger partial charge in [0.15, 0.2) is 0 Å². The lowest BCUT2D eigenvalue weighted by Gasteiger charge is -2.31. The number of rotatable bonds is 5. The van der Waals surface area contributed by atoms with Crippen LogP contribution in [0.1, 0.15) is 37.0 Å². The van der Waals surface area contributed by atoms with E-state index in [0.29, 0.717) is 0 Å². The van der Waals surface area contributed by atoms with E-state index in [1.807, 2.05) is 30.3 Å². The molecule has 0 amide bonds. The zero-order valence-electron chi connectivity index (χ0n) is 16.3. The predicted octanol–water partition coefficient (Wildman–Crippen LogP) is 4.41. The van der Waals surface area contributed by atoms with Crippen LogP contribution in [0, 0.1) is 5.92 Å². The molecule has 0 spiro atoms. The highest BCUT2D eigenvalue weighted by Gasteiger charge is 2.40. The van der Waals surface area contributed by atoms with Crippen molar-refractivity contribution in [1.82, 2.24) is 4.31 Å². The van der Waals surface area contributed by atoms with Crippen LogP contribution >= 0.6 is 0 Å². The van der Waals surface area contributed by atoms with Gasteiger partial charge in [0, 0.05) is 13.1 Å². The molecule has 0 radical (unpaired) electrons. The number of ether oxygens (including phenoxy) is 1. The molecule has 2 aromatic rings. The Kier molecular flexibility index (Phi) is 6.52. The van der Waals surface area contributed by atoms with Crippen molar-refractivity contribution in [3.05, 3.63) is 65.7 Å². The number of carbonyl (C=O) groups is 1. The van der Waals surface area contributed by atoms with E-state index < -0.39 is 44.6 Å². The molecule has 0 N–H and O–H groups in total. The summed E-state index contributed by atoms with van der Waals surface area (Å²) < 4.78 is 71.8. The van der Waals surface area contributed by atoms with E-state index in [4.69, 9.17) is 4.74 Å². The molecule has 30 heavy (non-hydrogen) atoms. The Bertz CT molecular complexity index is 985. The van der Waals surface area contributed by atoms with Gasteiger partial charge in [-0.05, 0) is 37.5 Å². The second kappa shape index (κ2) is 8.77. The number of esters is 1. The first kappa shape index (κ1) is 22.3. The van der Waals surface area contributed by atoms with Gasteiger partial charge in [0.2, 0.25) is 10.0 Å². The number of benzene rings is 2. The standard InChI is InChI=1S/C21H22F3NO4S/c1-15(16-7-3-2-4-8-16)29-20(26)17-11-13-25(14-12-17)30(27,28)19-10-6-5-9-18(19)21(22,23)24/h2-10,15,17H,11-14H2,1H3. The number of carbonyl (C=O) groups excluding carboxylic acids is 1. The fourth-order valence-electron chi connectivity index (χ4n) is 3.46. The van der Waals surface area contributed by atoms with Gasteiger partial charge >= 0.3 is 12.1 Å².